The van der Waals surface area contributed by atoms with Crippen LogP contribution >= 0.6 is 15.9 Å². The molecule has 0 aliphatic heterocycles. The minimum atomic E-state index is -0.635. The number of amides is 2. The van der Waals surface area contributed by atoms with E-state index < -0.39 is 6.04 Å². The van der Waals surface area contributed by atoms with Crippen molar-refractivity contribution >= 4 is 33.4 Å². The van der Waals surface area contributed by atoms with Gasteiger partial charge in [0.25, 0.3) is 0 Å². The molecule has 27 heavy (non-hydrogen) atoms. The number of benzene rings is 2. The Kier molecular flexibility index (Phi) is 6.03. The van der Waals surface area contributed by atoms with Gasteiger partial charge >= 0.3 is 0 Å². The molecule has 7 heteroatoms. The lowest BCUT2D eigenvalue weighted by Crippen LogP contribution is -2.38. The minimum Gasteiger partial charge on any atom is -0.345 e. The molecule has 3 aromatic rings. The number of carbonyl (C=O) groups is 2. The van der Waals surface area contributed by atoms with Crippen LogP contribution in [0.2, 0.25) is 0 Å². The number of nitrogens with one attached hydrogen (secondary N) is 2. The van der Waals surface area contributed by atoms with Gasteiger partial charge in [0.2, 0.25) is 11.8 Å². The van der Waals surface area contributed by atoms with Crippen molar-refractivity contribution < 1.29 is 9.59 Å². The zero-order valence-electron chi connectivity index (χ0n) is 14.7. The monoisotopic (exact) mass is 426 g/mol. The van der Waals surface area contributed by atoms with Crippen LogP contribution in [0.4, 0.5) is 5.69 Å². The maximum Gasteiger partial charge on any atom is 0.249 e. The van der Waals surface area contributed by atoms with Crippen LogP contribution in [0.5, 0.6) is 0 Å². The molecule has 0 saturated heterocycles. The van der Waals surface area contributed by atoms with E-state index in [0.29, 0.717) is 5.69 Å². The number of carbonyl (C=O) groups excluding carboxylic acids is 2. The predicted octanol–water partition coefficient (Wildman–Crippen LogP) is 3.30. The molecule has 0 aliphatic carbocycles. The molecule has 1 aromatic heterocycles. The van der Waals surface area contributed by atoms with Crippen molar-refractivity contribution in [1.29, 1.82) is 0 Å². The van der Waals surface area contributed by atoms with Gasteiger partial charge in [0.15, 0.2) is 6.04 Å². The number of rotatable bonds is 6. The molecule has 2 aromatic carbocycles. The highest BCUT2D eigenvalue weighted by atomic mass is 79.9. The Morgan fingerprint density at radius 3 is 2.59 bits per heavy atom. The van der Waals surface area contributed by atoms with Crippen LogP contribution in [0.3, 0.4) is 0 Å². The van der Waals surface area contributed by atoms with Crippen molar-refractivity contribution in [3.63, 3.8) is 0 Å². The van der Waals surface area contributed by atoms with Crippen LogP contribution in [-0.4, -0.2) is 28.1 Å². The van der Waals surface area contributed by atoms with Gasteiger partial charge in [0.1, 0.15) is 0 Å². The summed E-state index contributed by atoms with van der Waals surface area (Å²) in [6, 6.07) is 16.0. The molecular weight excluding hydrogens is 408 g/mol. The van der Waals surface area contributed by atoms with E-state index >= 15 is 0 Å². The van der Waals surface area contributed by atoms with Crippen LogP contribution in [0.1, 0.15) is 17.2 Å². The van der Waals surface area contributed by atoms with Crippen LogP contribution < -0.4 is 10.6 Å². The quantitative estimate of drug-likeness (QED) is 0.634. The molecule has 1 heterocycles. The van der Waals surface area contributed by atoms with Crippen LogP contribution in [-0.2, 0) is 9.59 Å². The topological polar surface area (TPSA) is 76.0 Å². The summed E-state index contributed by atoms with van der Waals surface area (Å²) in [5.74, 6) is -0.593. The second-order valence-electron chi connectivity index (χ2n) is 6.03. The van der Waals surface area contributed by atoms with Gasteiger partial charge in [-0.3, -0.25) is 14.3 Å². The van der Waals surface area contributed by atoms with Crippen molar-refractivity contribution in [2.75, 3.05) is 11.9 Å². The van der Waals surface area contributed by atoms with Gasteiger partial charge < -0.3 is 10.6 Å². The van der Waals surface area contributed by atoms with Gasteiger partial charge in [0.05, 0.1) is 6.54 Å². The third-order valence-corrected chi connectivity index (χ3v) is 4.91. The van der Waals surface area contributed by atoms with Gasteiger partial charge in [-0.2, -0.15) is 5.10 Å². The first-order valence-electron chi connectivity index (χ1n) is 8.42. The average Bonchev–Trinajstić information content (AvgIpc) is 3.18. The van der Waals surface area contributed by atoms with Crippen LogP contribution in [0.25, 0.3) is 0 Å². The molecule has 0 fully saturated rings. The highest BCUT2D eigenvalue weighted by molar-refractivity contribution is 9.10. The summed E-state index contributed by atoms with van der Waals surface area (Å²) >= 11 is 3.42. The van der Waals surface area contributed by atoms with Gasteiger partial charge in [-0.25, -0.2) is 0 Å². The smallest absolute Gasteiger partial charge is 0.249 e. The SMILES string of the molecule is Cc1cc(NC(=O)CNC(=O)C(c2ccccc2)n2cccn2)ccc1Br. The van der Waals surface area contributed by atoms with E-state index in [4.69, 9.17) is 0 Å². The lowest BCUT2D eigenvalue weighted by atomic mass is 10.1. The maximum atomic E-state index is 12.7. The third-order valence-electron chi connectivity index (χ3n) is 4.02. The lowest BCUT2D eigenvalue weighted by Gasteiger charge is -2.18. The summed E-state index contributed by atoms with van der Waals surface area (Å²) in [4.78, 5) is 24.9. The van der Waals surface area contributed by atoms with Gasteiger partial charge in [-0.15, -0.1) is 0 Å². The van der Waals surface area contributed by atoms with Crippen LogP contribution in [0, 0.1) is 6.92 Å². The van der Waals surface area contributed by atoms with E-state index in [1.165, 1.54) is 0 Å². The van der Waals surface area contributed by atoms with Gasteiger partial charge in [-0.05, 0) is 42.3 Å². The summed E-state index contributed by atoms with van der Waals surface area (Å²) in [5, 5.41) is 9.65. The molecule has 0 bridgehead atoms. The molecule has 138 valence electrons. The highest BCUT2D eigenvalue weighted by Gasteiger charge is 2.23. The van der Waals surface area contributed by atoms with Gasteiger partial charge in [0, 0.05) is 22.6 Å². The Hall–Kier alpha value is -2.93. The summed E-state index contributed by atoms with van der Waals surface area (Å²) in [6.45, 7) is 1.81. The number of anilines is 1. The second kappa shape index (κ2) is 8.64. The first-order valence-corrected chi connectivity index (χ1v) is 9.21. The second-order valence-corrected chi connectivity index (χ2v) is 6.88. The molecule has 0 aliphatic rings. The number of hydrogen-bond donors (Lipinski definition) is 2. The molecular formula is C20H19BrN4O2. The van der Waals surface area contributed by atoms with Crippen molar-refractivity contribution in [2.45, 2.75) is 13.0 Å². The fourth-order valence-electron chi connectivity index (χ4n) is 2.68. The molecule has 6 nitrogen and oxygen atoms in total. The average molecular weight is 427 g/mol. The first-order chi connectivity index (χ1) is 13.0. The number of aryl methyl sites for hydroxylation is 1. The van der Waals surface area contributed by atoms with E-state index in [1.54, 1.807) is 29.2 Å². The standard InChI is InChI=1S/C20H19BrN4O2/c1-14-12-16(8-9-17(14)21)24-18(26)13-22-20(27)19(25-11-5-10-23-25)15-6-3-2-4-7-15/h2-12,19H,13H2,1H3,(H,22,27)(H,24,26). The van der Waals surface area contributed by atoms with E-state index in [9.17, 15) is 9.59 Å². The van der Waals surface area contributed by atoms with Crippen molar-refractivity contribution in [3.05, 3.63) is 82.6 Å². The van der Waals surface area contributed by atoms with Gasteiger partial charge in [-0.1, -0.05) is 46.3 Å². The summed E-state index contributed by atoms with van der Waals surface area (Å²) < 4.78 is 2.54. The molecule has 2 N–H and O–H groups in total. The van der Waals surface area contributed by atoms with Crippen LogP contribution in [0.15, 0.2) is 71.5 Å². The zero-order valence-corrected chi connectivity index (χ0v) is 16.3. The summed E-state index contributed by atoms with van der Waals surface area (Å²) in [7, 11) is 0. The molecule has 1 atom stereocenters. The van der Waals surface area contributed by atoms with E-state index in [0.717, 1.165) is 15.6 Å². The number of nitrogens with zero attached hydrogens (tertiary/aromatic N) is 2. The van der Waals surface area contributed by atoms with Crippen molar-refractivity contribution in [1.82, 2.24) is 15.1 Å². The summed E-state index contributed by atoms with van der Waals surface area (Å²) in [5.41, 5.74) is 2.49. The fourth-order valence-corrected chi connectivity index (χ4v) is 2.93. The first kappa shape index (κ1) is 18.8. The van der Waals surface area contributed by atoms with E-state index in [-0.39, 0.29) is 18.4 Å². The summed E-state index contributed by atoms with van der Waals surface area (Å²) in [6.07, 6.45) is 3.34. The van der Waals surface area contributed by atoms with E-state index in [2.05, 4.69) is 31.7 Å². The molecule has 0 radical (unpaired) electrons. The number of hydrogen-bond acceptors (Lipinski definition) is 3. The largest absolute Gasteiger partial charge is 0.345 e. The molecule has 1 unspecified atom stereocenters. The minimum absolute atomic E-state index is 0.126. The van der Waals surface area contributed by atoms with Crippen molar-refractivity contribution in [3.8, 4) is 0 Å². The normalized spacial score (nSPS) is 11.6. The Labute approximate surface area is 165 Å². The Morgan fingerprint density at radius 2 is 1.93 bits per heavy atom. The Balaban J connectivity index is 1.65. The third kappa shape index (κ3) is 4.83. The number of aromatic nitrogens is 2. The Bertz CT molecular complexity index is 926. The number of halogens is 1. The zero-order chi connectivity index (χ0) is 19.2. The fraction of sp³-hybridized carbons (Fsp3) is 0.150. The lowest BCUT2D eigenvalue weighted by molar-refractivity contribution is -0.126. The maximum absolute atomic E-state index is 12.7. The predicted molar refractivity (Wildman–Crippen MR) is 107 cm³/mol. The Morgan fingerprint density at radius 1 is 1.15 bits per heavy atom. The van der Waals surface area contributed by atoms with Crippen molar-refractivity contribution in [2.24, 2.45) is 0 Å². The molecule has 2 amide bonds. The molecule has 0 spiro atoms. The molecule has 0 saturated carbocycles. The highest BCUT2D eigenvalue weighted by Crippen LogP contribution is 2.20. The molecule has 3 rings (SSSR count). The van der Waals surface area contributed by atoms with E-state index in [1.807, 2.05) is 49.4 Å².